The Morgan fingerprint density at radius 1 is 1.14 bits per heavy atom. The summed E-state index contributed by atoms with van der Waals surface area (Å²) < 4.78 is 26.9. The first kappa shape index (κ1) is 21.9. The highest BCUT2D eigenvalue weighted by atomic mass is 32.2. The van der Waals surface area contributed by atoms with Crippen molar-refractivity contribution in [3.63, 3.8) is 0 Å². The third kappa shape index (κ3) is 6.07. The molecule has 7 nitrogen and oxygen atoms in total. The van der Waals surface area contributed by atoms with Gasteiger partial charge >= 0.3 is 0 Å². The second-order valence-corrected chi connectivity index (χ2v) is 10.8. The molecule has 0 bridgehead atoms. The molecule has 2 heterocycles. The van der Waals surface area contributed by atoms with Crippen molar-refractivity contribution in [2.75, 3.05) is 18.4 Å². The highest BCUT2D eigenvalue weighted by Crippen LogP contribution is 2.22. The van der Waals surface area contributed by atoms with Crippen molar-refractivity contribution in [1.29, 1.82) is 0 Å². The van der Waals surface area contributed by atoms with Crippen molar-refractivity contribution in [3.8, 4) is 0 Å². The molecule has 2 aromatic rings. The van der Waals surface area contributed by atoms with Gasteiger partial charge in [-0.05, 0) is 42.9 Å². The third-order valence-electron chi connectivity index (χ3n) is 4.81. The number of nitrogens with zero attached hydrogens (tertiary/aromatic N) is 3. The summed E-state index contributed by atoms with van der Waals surface area (Å²) in [6, 6.07) is 6.85. The number of nitrogens with one attached hydrogen (secondary N) is 1. The van der Waals surface area contributed by atoms with Crippen LogP contribution in [0, 0.1) is 5.92 Å². The monoisotopic (exact) mass is 436 g/mol. The van der Waals surface area contributed by atoms with Gasteiger partial charge in [0, 0.05) is 25.9 Å². The Morgan fingerprint density at radius 3 is 2.48 bits per heavy atom. The number of hydrogen-bond acceptors (Lipinski definition) is 6. The molecule has 29 heavy (non-hydrogen) atoms. The maximum absolute atomic E-state index is 12.7. The Labute approximate surface area is 176 Å². The smallest absolute Gasteiger partial charge is 0.243 e. The normalized spacial score (nSPS) is 15.6. The SMILES string of the molecule is CC(C)Cc1nnc(NC(=O)CCc2ccc(S(=O)(=O)N3CCCCC3)cc2)s1. The lowest BCUT2D eigenvalue weighted by Gasteiger charge is -2.25. The lowest BCUT2D eigenvalue weighted by Crippen LogP contribution is -2.35. The van der Waals surface area contributed by atoms with Crippen molar-refractivity contribution >= 4 is 32.4 Å². The van der Waals surface area contributed by atoms with Crippen LogP contribution < -0.4 is 5.32 Å². The second-order valence-electron chi connectivity index (χ2n) is 7.76. The van der Waals surface area contributed by atoms with Gasteiger partial charge in [0.2, 0.25) is 21.1 Å². The van der Waals surface area contributed by atoms with Crippen molar-refractivity contribution in [2.45, 2.75) is 57.3 Å². The first-order chi connectivity index (χ1) is 13.8. The van der Waals surface area contributed by atoms with Crippen molar-refractivity contribution in [1.82, 2.24) is 14.5 Å². The van der Waals surface area contributed by atoms with Crippen LogP contribution in [0.15, 0.2) is 29.2 Å². The van der Waals surface area contributed by atoms with Crippen LogP contribution in [0.5, 0.6) is 0 Å². The molecule has 0 atom stereocenters. The van der Waals surface area contributed by atoms with Crippen LogP contribution in [-0.2, 0) is 27.7 Å². The second kappa shape index (κ2) is 9.77. The molecule has 3 rings (SSSR count). The molecule has 1 aliphatic rings. The average molecular weight is 437 g/mol. The van der Waals surface area contributed by atoms with E-state index >= 15 is 0 Å². The lowest BCUT2D eigenvalue weighted by atomic mass is 10.1. The molecule has 1 aromatic heterocycles. The zero-order chi connectivity index (χ0) is 20.9. The largest absolute Gasteiger partial charge is 0.301 e. The molecular formula is C20H28N4O3S2. The number of amides is 1. The van der Waals surface area contributed by atoms with E-state index in [1.54, 1.807) is 28.6 Å². The molecule has 1 amide bonds. The van der Waals surface area contributed by atoms with Crippen LogP contribution in [0.4, 0.5) is 5.13 Å². The predicted octanol–water partition coefficient (Wildman–Crippen LogP) is 3.48. The first-order valence-corrected chi connectivity index (χ1v) is 12.3. The van der Waals surface area contributed by atoms with Crippen molar-refractivity contribution in [2.24, 2.45) is 5.92 Å². The van der Waals surface area contributed by atoms with Crippen LogP contribution in [-0.4, -0.2) is 41.9 Å². The van der Waals surface area contributed by atoms with Crippen LogP contribution in [0.1, 0.15) is 50.1 Å². The van der Waals surface area contributed by atoms with E-state index < -0.39 is 10.0 Å². The number of aromatic nitrogens is 2. The number of carbonyl (C=O) groups excluding carboxylic acids is 1. The lowest BCUT2D eigenvalue weighted by molar-refractivity contribution is -0.116. The van der Waals surface area contributed by atoms with Crippen LogP contribution >= 0.6 is 11.3 Å². The summed E-state index contributed by atoms with van der Waals surface area (Å²) in [6.07, 6.45) is 4.61. The Morgan fingerprint density at radius 2 is 1.83 bits per heavy atom. The molecule has 9 heteroatoms. The average Bonchev–Trinajstić information content (AvgIpc) is 3.13. The number of sulfonamides is 1. The number of anilines is 1. The van der Waals surface area contributed by atoms with Gasteiger partial charge < -0.3 is 5.32 Å². The van der Waals surface area contributed by atoms with E-state index in [1.165, 1.54) is 11.3 Å². The van der Waals surface area contributed by atoms with E-state index in [-0.39, 0.29) is 5.91 Å². The van der Waals surface area contributed by atoms with E-state index in [1.807, 2.05) is 0 Å². The summed E-state index contributed by atoms with van der Waals surface area (Å²) >= 11 is 1.40. The summed E-state index contributed by atoms with van der Waals surface area (Å²) in [6.45, 7) is 5.41. The summed E-state index contributed by atoms with van der Waals surface area (Å²) in [5.74, 6) is 0.371. The molecule has 0 radical (unpaired) electrons. The minimum atomic E-state index is -3.42. The van der Waals surface area contributed by atoms with Gasteiger partial charge in [0.05, 0.1) is 4.90 Å². The fourth-order valence-electron chi connectivity index (χ4n) is 3.26. The topological polar surface area (TPSA) is 92.3 Å². The summed E-state index contributed by atoms with van der Waals surface area (Å²) in [7, 11) is -3.42. The van der Waals surface area contributed by atoms with Crippen molar-refractivity contribution < 1.29 is 13.2 Å². The van der Waals surface area contributed by atoms with E-state index in [0.717, 1.165) is 36.3 Å². The number of hydrogen-bond donors (Lipinski definition) is 1. The van der Waals surface area contributed by atoms with Gasteiger partial charge in [-0.3, -0.25) is 4.79 Å². The third-order valence-corrected chi connectivity index (χ3v) is 7.59. The van der Waals surface area contributed by atoms with E-state index in [9.17, 15) is 13.2 Å². The zero-order valence-corrected chi connectivity index (χ0v) is 18.6. The first-order valence-electron chi connectivity index (χ1n) is 10.1. The molecule has 1 N–H and O–H groups in total. The van der Waals surface area contributed by atoms with Gasteiger partial charge in [0.15, 0.2) is 0 Å². The number of rotatable bonds is 8. The Balaban J connectivity index is 1.52. The van der Waals surface area contributed by atoms with Gasteiger partial charge in [-0.1, -0.05) is 43.7 Å². The van der Waals surface area contributed by atoms with E-state index in [0.29, 0.717) is 41.9 Å². The summed E-state index contributed by atoms with van der Waals surface area (Å²) in [5.41, 5.74) is 0.926. The maximum Gasteiger partial charge on any atom is 0.243 e. The molecule has 1 saturated heterocycles. The van der Waals surface area contributed by atoms with Gasteiger partial charge in [0.25, 0.3) is 0 Å². The van der Waals surface area contributed by atoms with Gasteiger partial charge in [0.1, 0.15) is 5.01 Å². The van der Waals surface area contributed by atoms with Crippen LogP contribution in [0.2, 0.25) is 0 Å². The summed E-state index contributed by atoms with van der Waals surface area (Å²) in [5, 5.41) is 12.3. The van der Waals surface area contributed by atoms with E-state index in [2.05, 4.69) is 29.4 Å². The Kier molecular flexibility index (Phi) is 7.37. The van der Waals surface area contributed by atoms with Crippen LogP contribution in [0.3, 0.4) is 0 Å². The molecule has 158 valence electrons. The number of benzene rings is 1. The van der Waals surface area contributed by atoms with Gasteiger partial charge in [-0.25, -0.2) is 8.42 Å². The number of carbonyl (C=O) groups is 1. The molecule has 0 saturated carbocycles. The molecule has 0 unspecified atom stereocenters. The van der Waals surface area contributed by atoms with E-state index in [4.69, 9.17) is 0 Å². The van der Waals surface area contributed by atoms with Gasteiger partial charge in [-0.15, -0.1) is 10.2 Å². The highest BCUT2D eigenvalue weighted by Gasteiger charge is 2.25. The van der Waals surface area contributed by atoms with Crippen molar-refractivity contribution in [3.05, 3.63) is 34.8 Å². The maximum atomic E-state index is 12.7. The quantitative estimate of drug-likeness (QED) is 0.684. The standard InChI is InChI=1S/C20H28N4O3S2/c1-15(2)14-19-22-23-20(28-19)21-18(25)11-8-16-6-9-17(10-7-16)29(26,27)24-12-4-3-5-13-24/h6-7,9-10,15H,3-5,8,11-14H2,1-2H3,(H,21,23,25). The molecule has 1 aliphatic heterocycles. The Bertz CT molecular complexity index is 917. The molecule has 1 fully saturated rings. The number of aryl methyl sites for hydroxylation is 1. The molecule has 0 spiro atoms. The molecule has 0 aliphatic carbocycles. The molecular weight excluding hydrogens is 408 g/mol. The summed E-state index contributed by atoms with van der Waals surface area (Å²) in [4.78, 5) is 12.5. The fraction of sp³-hybridized carbons (Fsp3) is 0.550. The highest BCUT2D eigenvalue weighted by molar-refractivity contribution is 7.89. The minimum absolute atomic E-state index is 0.123. The minimum Gasteiger partial charge on any atom is -0.301 e. The fourth-order valence-corrected chi connectivity index (χ4v) is 5.74. The number of piperidine rings is 1. The predicted molar refractivity (Wildman–Crippen MR) is 114 cm³/mol. The van der Waals surface area contributed by atoms with Gasteiger partial charge in [-0.2, -0.15) is 4.31 Å². The zero-order valence-electron chi connectivity index (χ0n) is 16.9. The van der Waals surface area contributed by atoms with Crippen LogP contribution in [0.25, 0.3) is 0 Å². The molecule has 1 aromatic carbocycles. The Hall–Kier alpha value is -1.84.